The number of methoxy groups -OCH3 is 1. The van der Waals surface area contributed by atoms with Crippen molar-refractivity contribution in [3.63, 3.8) is 0 Å². The number of Topliss-reactive ketones (excluding diaryl/α,β-unsaturated/α-hetero) is 1. The van der Waals surface area contributed by atoms with Crippen molar-refractivity contribution in [2.75, 3.05) is 25.7 Å². The maximum absolute atomic E-state index is 14.3. The Labute approximate surface area is 148 Å². The SMILES string of the molecule is COc1ccc(CC(=O)c2cc3c(cc2F)OCC(=O)N3C)c(Cl)c1. The van der Waals surface area contributed by atoms with Gasteiger partial charge in [-0.3, -0.25) is 9.59 Å². The van der Waals surface area contributed by atoms with Crippen LogP contribution in [0.1, 0.15) is 15.9 Å². The molecule has 1 aliphatic rings. The van der Waals surface area contributed by atoms with Gasteiger partial charge in [0.1, 0.15) is 17.3 Å². The molecule has 0 atom stereocenters. The molecule has 0 radical (unpaired) electrons. The van der Waals surface area contributed by atoms with E-state index in [0.29, 0.717) is 22.0 Å². The fourth-order valence-electron chi connectivity index (χ4n) is 2.57. The number of likely N-dealkylation sites (N-methyl/N-ethyl adjacent to an activating group) is 1. The molecule has 0 saturated heterocycles. The van der Waals surface area contributed by atoms with Crippen LogP contribution in [0.2, 0.25) is 5.02 Å². The molecule has 0 unspecified atom stereocenters. The van der Waals surface area contributed by atoms with Crippen LogP contribution in [0, 0.1) is 5.82 Å². The monoisotopic (exact) mass is 363 g/mol. The van der Waals surface area contributed by atoms with E-state index in [4.69, 9.17) is 21.1 Å². The number of rotatable bonds is 4. The number of carbonyl (C=O) groups excluding carboxylic acids is 2. The molecule has 7 heteroatoms. The number of amides is 1. The molecule has 130 valence electrons. The minimum Gasteiger partial charge on any atom is -0.497 e. The number of ether oxygens (including phenoxy) is 2. The third kappa shape index (κ3) is 3.30. The van der Waals surface area contributed by atoms with E-state index in [1.54, 1.807) is 25.2 Å². The number of ketones is 1. The molecule has 2 aromatic carbocycles. The third-order valence-electron chi connectivity index (χ3n) is 4.05. The number of anilines is 1. The zero-order valence-electron chi connectivity index (χ0n) is 13.6. The smallest absolute Gasteiger partial charge is 0.264 e. The second-order valence-electron chi connectivity index (χ2n) is 5.60. The van der Waals surface area contributed by atoms with Crippen LogP contribution in [0.3, 0.4) is 0 Å². The number of fused-ring (bicyclic) bond motifs is 1. The summed E-state index contributed by atoms with van der Waals surface area (Å²) in [6.45, 7) is -0.155. The van der Waals surface area contributed by atoms with Crippen LogP contribution in [0.15, 0.2) is 30.3 Å². The lowest BCUT2D eigenvalue weighted by Crippen LogP contribution is -2.35. The van der Waals surface area contributed by atoms with Gasteiger partial charge in [0.05, 0.1) is 18.4 Å². The van der Waals surface area contributed by atoms with Crippen molar-refractivity contribution < 1.29 is 23.5 Å². The van der Waals surface area contributed by atoms with Crippen molar-refractivity contribution in [1.82, 2.24) is 0 Å². The molecule has 1 aliphatic heterocycles. The van der Waals surface area contributed by atoms with E-state index in [2.05, 4.69) is 0 Å². The van der Waals surface area contributed by atoms with Gasteiger partial charge in [-0.2, -0.15) is 0 Å². The van der Waals surface area contributed by atoms with Gasteiger partial charge in [0, 0.05) is 24.6 Å². The van der Waals surface area contributed by atoms with E-state index in [0.717, 1.165) is 6.07 Å². The number of hydrogen-bond donors (Lipinski definition) is 0. The van der Waals surface area contributed by atoms with Crippen LogP contribution in [-0.4, -0.2) is 32.5 Å². The van der Waals surface area contributed by atoms with Gasteiger partial charge in [0.15, 0.2) is 12.4 Å². The number of benzene rings is 2. The standard InChI is InChI=1S/C18H15ClFNO4/c1-21-15-7-12(14(20)8-17(15)25-9-18(21)23)16(22)5-10-3-4-11(24-2)6-13(10)19/h3-4,6-8H,5,9H2,1-2H3. The fourth-order valence-corrected chi connectivity index (χ4v) is 2.81. The predicted molar refractivity (Wildman–Crippen MR) is 91.3 cm³/mol. The van der Waals surface area contributed by atoms with Crippen molar-refractivity contribution in [1.29, 1.82) is 0 Å². The molecule has 0 fully saturated rings. The largest absolute Gasteiger partial charge is 0.497 e. The Balaban J connectivity index is 1.91. The van der Waals surface area contributed by atoms with Crippen LogP contribution >= 0.6 is 11.6 Å². The molecule has 5 nitrogen and oxygen atoms in total. The predicted octanol–water partition coefficient (Wildman–Crippen LogP) is 3.27. The van der Waals surface area contributed by atoms with E-state index >= 15 is 0 Å². The molecule has 0 saturated carbocycles. The Kier molecular flexibility index (Phi) is 4.63. The molecule has 1 amide bonds. The lowest BCUT2D eigenvalue weighted by molar-refractivity contribution is -0.121. The van der Waals surface area contributed by atoms with Gasteiger partial charge in [-0.05, 0) is 23.8 Å². The van der Waals surface area contributed by atoms with Crippen molar-refractivity contribution >= 4 is 29.0 Å². The first-order valence-corrected chi connectivity index (χ1v) is 7.87. The molecule has 25 heavy (non-hydrogen) atoms. The van der Waals surface area contributed by atoms with Crippen LogP contribution in [-0.2, 0) is 11.2 Å². The summed E-state index contributed by atoms with van der Waals surface area (Å²) < 4.78 is 24.6. The zero-order chi connectivity index (χ0) is 18.1. The molecule has 0 aliphatic carbocycles. The van der Waals surface area contributed by atoms with E-state index in [9.17, 15) is 14.0 Å². The Bertz CT molecular complexity index is 868. The summed E-state index contributed by atoms with van der Waals surface area (Å²) in [6.07, 6.45) is -0.0724. The number of nitrogens with zero attached hydrogens (tertiary/aromatic N) is 1. The van der Waals surface area contributed by atoms with Crippen LogP contribution in [0.5, 0.6) is 11.5 Å². The zero-order valence-corrected chi connectivity index (χ0v) is 14.4. The van der Waals surface area contributed by atoms with Gasteiger partial charge in [0.25, 0.3) is 5.91 Å². The second-order valence-corrected chi connectivity index (χ2v) is 6.01. The first kappa shape index (κ1) is 17.2. The molecule has 0 aromatic heterocycles. The third-order valence-corrected chi connectivity index (χ3v) is 4.40. The summed E-state index contributed by atoms with van der Waals surface area (Å²) in [6, 6.07) is 7.39. The summed E-state index contributed by atoms with van der Waals surface area (Å²) in [4.78, 5) is 25.6. The average molecular weight is 364 g/mol. The highest BCUT2D eigenvalue weighted by Crippen LogP contribution is 2.34. The molecular formula is C18H15ClFNO4. The van der Waals surface area contributed by atoms with Crippen molar-refractivity contribution in [3.8, 4) is 11.5 Å². The van der Waals surface area contributed by atoms with Gasteiger partial charge >= 0.3 is 0 Å². The molecule has 1 heterocycles. The molecule has 2 aromatic rings. The van der Waals surface area contributed by atoms with Gasteiger partial charge < -0.3 is 14.4 Å². The summed E-state index contributed by atoms with van der Waals surface area (Å²) >= 11 is 6.14. The Hall–Kier alpha value is -2.60. The Morgan fingerprint density at radius 2 is 2.12 bits per heavy atom. The minimum atomic E-state index is -0.698. The summed E-state index contributed by atoms with van der Waals surface area (Å²) in [5, 5.41) is 0.363. The number of carbonyl (C=O) groups is 2. The Morgan fingerprint density at radius 1 is 1.36 bits per heavy atom. The average Bonchev–Trinajstić information content (AvgIpc) is 2.59. The normalized spacial score (nSPS) is 13.3. The van der Waals surface area contributed by atoms with Crippen LogP contribution in [0.4, 0.5) is 10.1 Å². The minimum absolute atomic E-state index is 0.0724. The van der Waals surface area contributed by atoms with E-state index in [1.807, 2.05) is 0 Å². The second kappa shape index (κ2) is 6.72. The Morgan fingerprint density at radius 3 is 2.80 bits per heavy atom. The van der Waals surface area contributed by atoms with Crippen LogP contribution < -0.4 is 14.4 Å². The maximum Gasteiger partial charge on any atom is 0.264 e. The number of hydrogen-bond acceptors (Lipinski definition) is 4. The quantitative estimate of drug-likeness (QED) is 0.782. The van der Waals surface area contributed by atoms with Gasteiger partial charge in [-0.25, -0.2) is 4.39 Å². The van der Waals surface area contributed by atoms with Gasteiger partial charge in [-0.15, -0.1) is 0 Å². The van der Waals surface area contributed by atoms with Crippen molar-refractivity contribution in [2.45, 2.75) is 6.42 Å². The lowest BCUT2D eigenvalue weighted by atomic mass is 10.0. The molecule has 3 rings (SSSR count). The highest BCUT2D eigenvalue weighted by Gasteiger charge is 2.26. The summed E-state index contributed by atoms with van der Waals surface area (Å²) in [5.41, 5.74) is 0.808. The molecular weight excluding hydrogens is 349 g/mol. The van der Waals surface area contributed by atoms with Gasteiger partial charge in [0.2, 0.25) is 0 Å². The molecule has 0 N–H and O–H groups in total. The first-order chi connectivity index (χ1) is 11.9. The van der Waals surface area contributed by atoms with Crippen molar-refractivity contribution in [2.24, 2.45) is 0 Å². The summed E-state index contributed by atoms with van der Waals surface area (Å²) in [5.74, 6) is -0.609. The summed E-state index contributed by atoms with van der Waals surface area (Å²) in [7, 11) is 3.06. The molecule has 0 bridgehead atoms. The van der Waals surface area contributed by atoms with Crippen LogP contribution in [0.25, 0.3) is 0 Å². The fraction of sp³-hybridized carbons (Fsp3) is 0.222. The number of halogens is 2. The van der Waals surface area contributed by atoms with E-state index in [1.165, 1.54) is 18.1 Å². The maximum atomic E-state index is 14.3. The first-order valence-electron chi connectivity index (χ1n) is 7.49. The van der Waals surface area contributed by atoms with E-state index < -0.39 is 11.6 Å². The van der Waals surface area contributed by atoms with E-state index in [-0.39, 0.29) is 30.2 Å². The lowest BCUT2D eigenvalue weighted by Gasteiger charge is -2.26. The highest BCUT2D eigenvalue weighted by atomic mass is 35.5. The highest BCUT2D eigenvalue weighted by molar-refractivity contribution is 6.31. The topological polar surface area (TPSA) is 55.8 Å². The van der Waals surface area contributed by atoms with Gasteiger partial charge in [-0.1, -0.05) is 17.7 Å². The molecule has 0 spiro atoms. The van der Waals surface area contributed by atoms with Crippen molar-refractivity contribution in [3.05, 3.63) is 52.3 Å².